The molecule has 0 N–H and O–H groups in total. The highest BCUT2D eigenvalue weighted by Gasteiger charge is 2.40. The number of esters is 1. The van der Waals surface area contributed by atoms with E-state index in [2.05, 4.69) is 36.4 Å². The Balaban J connectivity index is 1.39. The summed E-state index contributed by atoms with van der Waals surface area (Å²) in [5, 5.41) is 0. The summed E-state index contributed by atoms with van der Waals surface area (Å²) < 4.78 is 7.26. The van der Waals surface area contributed by atoms with Crippen LogP contribution in [0.5, 0.6) is 0 Å². The van der Waals surface area contributed by atoms with Crippen molar-refractivity contribution in [3.8, 4) is 0 Å². The van der Waals surface area contributed by atoms with Crippen LogP contribution in [0.1, 0.15) is 63.4 Å². The number of fused-ring (bicyclic) bond motifs is 1. The predicted octanol–water partition coefficient (Wildman–Crippen LogP) is 6.99. The van der Waals surface area contributed by atoms with Crippen LogP contribution in [0.3, 0.4) is 0 Å². The number of hydrogen-bond donors (Lipinski definition) is 0. The fourth-order valence-corrected chi connectivity index (χ4v) is 6.29. The molecule has 0 atom stereocenters. The monoisotopic (exact) mass is 609 g/mol. The number of hydrogen-bond acceptors (Lipinski definition) is 5. The number of rotatable bonds is 10. The van der Waals surface area contributed by atoms with E-state index in [0.29, 0.717) is 28.8 Å². The van der Waals surface area contributed by atoms with E-state index >= 15 is 0 Å². The molecule has 5 aromatic rings. The minimum Gasteiger partial charge on any atom is -0.465 e. The molecule has 230 valence electrons. The number of imidazole rings is 1. The number of carbonyl (C=O) groups excluding carboxylic acids is 3. The lowest BCUT2D eigenvalue weighted by atomic mass is 9.77. The second-order valence-electron chi connectivity index (χ2n) is 12.2. The second-order valence-corrected chi connectivity index (χ2v) is 12.2. The summed E-state index contributed by atoms with van der Waals surface area (Å²) in [5.41, 5.74) is 3.34. The van der Waals surface area contributed by atoms with Crippen molar-refractivity contribution in [1.82, 2.24) is 14.5 Å². The Kier molecular flexibility index (Phi) is 8.24. The minimum absolute atomic E-state index is 0.192. The average molecular weight is 610 g/mol. The molecule has 0 fully saturated rings. The normalized spacial score (nSPS) is 13.5. The van der Waals surface area contributed by atoms with Gasteiger partial charge in [-0.05, 0) is 40.7 Å². The Morgan fingerprint density at radius 3 is 1.65 bits per heavy atom. The number of aromatic nitrogens is 2. The third-order valence-electron chi connectivity index (χ3n) is 8.55. The summed E-state index contributed by atoms with van der Waals surface area (Å²) in [7, 11) is 1.35. The number of imide groups is 1. The second kappa shape index (κ2) is 12.4. The molecule has 4 aromatic carbocycles. The Morgan fingerprint density at radius 1 is 0.739 bits per heavy atom. The molecule has 0 unspecified atom stereocenters. The fraction of sp³-hybridized carbons (Fsp3) is 0.179. The van der Waals surface area contributed by atoms with E-state index in [4.69, 9.17) is 9.72 Å². The number of amides is 2. The molecular weight excluding hydrogens is 574 g/mol. The molecule has 7 heteroatoms. The first-order chi connectivity index (χ1) is 22.3. The Labute approximate surface area is 268 Å². The minimum atomic E-state index is -0.791. The van der Waals surface area contributed by atoms with Gasteiger partial charge in [-0.25, -0.2) is 9.78 Å². The molecule has 2 amide bonds. The summed E-state index contributed by atoms with van der Waals surface area (Å²) in [5.74, 6) is -1.13. The number of benzene rings is 4. The lowest BCUT2D eigenvalue weighted by Gasteiger charge is -2.37. The van der Waals surface area contributed by atoms with Crippen molar-refractivity contribution in [1.29, 1.82) is 0 Å². The summed E-state index contributed by atoms with van der Waals surface area (Å²) in [6.07, 6.45) is 5.82. The van der Waals surface area contributed by atoms with Crippen LogP contribution in [0.2, 0.25) is 0 Å². The Bertz CT molecular complexity index is 1780. The van der Waals surface area contributed by atoms with Crippen molar-refractivity contribution >= 4 is 23.4 Å². The van der Waals surface area contributed by atoms with Crippen molar-refractivity contribution in [2.75, 3.05) is 13.7 Å². The van der Waals surface area contributed by atoms with E-state index < -0.39 is 16.9 Å². The third-order valence-corrected chi connectivity index (χ3v) is 8.55. The van der Waals surface area contributed by atoms with Crippen LogP contribution in [0.25, 0.3) is 5.57 Å². The van der Waals surface area contributed by atoms with Crippen LogP contribution in [0.4, 0.5) is 0 Å². The van der Waals surface area contributed by atoms with E-state index in [0.717, 1.165) is 16.7 Å². The van der Waals surface area contributed by atoms with Crippen LogP contribution < -0.4 is 0 Å². The highest BCUT2D eigenvalue weighted by Crippen LogP contribution is 2.41. The van der Waals surface area contributed by atoms with Crippen molar-refractivity contribution in [3.05, 3.63) is 167 Å². The molecular formula is C39H35N3O4. The van der Waals surface area contributed by atoms with Crippen LogP contribution in [-0.4, -0.2) is 45.9 Å². The molecule has 1 aromatic heterocycles. The van der Waals surface area contributed by atoms with Crippen molar-refractivity contribution in [2.24, 2.45) is 5.41 Å². The van der Waals surface area contributed by atoms with E-state index in [1.807, 2.05) is 79.2 Å². The molecule has 2 heterocycles. The van der Waals surface area contributed by atoms with Gasteiger partial charge in [0.25, 0.3) is 11.8 Å². The zero-order valence-corrected chi connectivity index (χ0v) is 26.1. The van der Waals surface area contributed by atoms with Gasteiger partial charge in [0.15, 0.2) is 0 Å². The van der Waals surface area contributed by atoms with Gasteiger partial charge in [0.05, 0.1) is 35.8 Å². The largest absolute Gasteiger partial charge is 0.465 e. The standard InChI is InChI=1S/C39H35N3O4/c1-38(2,26-42-35(43)31-21-13-14-22-32(31)36(42)44)24-23-33(37(45)46-3)34-25-41(27-40-34)39(28-15-7-4-8-16-28,29-17-9-5-10-18-29)30-19-11-6-12-20-30/h4-23,25,27H,24,26H2,1-3H3/b33-23-. The summed E-state index contributed by atoms with van der Waals surface area (Å²) >= 11 is 0. The van der Waals surface area contributed by atoms with Gasteiger partial charge in [-0.1, -0.05) is 123 Å². The average Bonchev–Trinajstić information content (AvgIpc) is 3.66. The summed E-state index contributed by atoms with van der Waals surface area (Å²) in [6.45, 7) is 4.12. The number of allylic oxidation sites excluding steroid dienone is 1. The lowest BCUT2D eigenvalue weighted by Crippen LogP contribution is -2.38. The molecule has 0 aliphatic carbocycles. The van der Waals surface area contributed by atoms with Gasteiger partial charge in [0.2, 0.25) is 0 Å². The molecule has 7 nitrogen and oxygen atoms in total. The molecule has 0 saturated heterocycles. The number of carbonyl (C=O) groups is 3. The maximum absolute atomic E-state index is 13.2. The summed E-state index contributed by atoms with van der Waals surface area (Å²) in [4.78, 5) is 45.4. The predicted molar refractivity (Wildman–Crippen MR) is 177 cm³/mol. The Morgan fingerprint density at radius 2 is 1.20 bits per heavy atom. The van der Waals surface area contributed by atoms with Crippen LogP contribution >= 0.6 is 0 Å². The van der Waals surface area contributed by atoms with Gasteiger partial charge in [0.1, 0.15) is 5.54 Å². The molecule has 0 saturated carbocycles. The van der Waals surface area contributed by atoms with Crippen molar-refractivity contribution < 1.29 is 19.1 Å². The first-order valence-electron chi connectivity index (χ1n) is 15.2. The SMILES string of the molecule is COC(=O)/C(=C\CC(C)(C)CN1C(=O)c2ccccc2C1=O)c1cn(C(c2ccccc2)(c2ccccc2)c2ccccc2)cn1. The first kappa shape index (κ1) is 30.5. The third kappa shape index (κ3) is 5.45. The number of methoxy groups -OCH3 is 1. The first-order valence-corrected chi connectivity index (χ1v) is 15.2. The maximum atomic E-state index is 13.2. The Hall–Kier alpha value is -5.56. The zero-order chi connectivity index (χ0) is 32.3. The molecule has 1 aliphatic heterocycles. The molecule has 0 radical (unpaired) electrons. The lowest BCUT2D eigenvalue weighted by molar-refractivity contribution is -0.133. The molecule has 6 rings (SSSR count). The fourth-order valence-electron chi connectivity index (χ4n) is 6.29. The molecule has 0 bridgehead atoms. The van der Waals surface area contributed by atoms with Gasteiger partial charge in [-0.3, -0.25) is 14.5 Å². The number of ether oxygens (including phenoxy) is 1. The van der Waals surface area contributed by atoms with Crippen molar-refractivity contribution in [2.45, 2.75) is 25.8 Å². The van der Waals surface area contributed by atoms with Crippen LogP contribution in [0.15, 0.2) is 134 Å². The van der Waals surface area contributed by atoms with E-state index in [1.165, 1.54) is 12.0 Å². The van der Waals surface area contributed by atoms with Crippen LogP contribution in [0, 0.1) is 5.41 Å². The van der Waals surface area contributed by atoms with Crippen LogP contribution in [-0.2, 0) is 15.1 Å². The zero-order valence-electron chi connectivity index (χ0n) is 26.1. The van der Waals surface area contributed by atoms with E-state index in [-0.39, 0.29) is 18.4 Å². The van der Waals surface area contributed by atoms with Gasteiger partial charge in [0, 0.05) is 12.7 Å². The topological polar surface area (TPSA) is 81.5 Å². The van der Waals surface area contributed by atoms with E-state index in [1.54, 1.807) is 36.7 Å². The smallest absolute Gasteiger partial charge is 0.339 e. The van der Waals surface area contributed by atoms with Gasteiger partial charge in [-0.15, -0.1) is 0 Å². The summed E-state index contributed by atoms with van der Waals surface area (Å²) in [6, 6.07) is 37.5. The van der Waals surface area contributed by atoms with Gasteiger partial charge >= 0.3 is 5.97 Å². The molecule has 1 aliphatic rings. The molecule has 46 heavy (non-hydrogen) atoms. The van der Waals surface area contributed by atoms with E-state index in [9.17, 15) is 14.4 Å². The molecule has 0 spiro atoms. The van der Waals surface area contributed by atoms with Crippen molar-refractivity contribution in [3.63, 3.8) is 0 Å². The van der Waals surface area contributed by atoms with Gasteiger partial charge in [-0.2, -0.15) is 0 Å². The highest BCUT2D eigenvalue weighted by molar-refractivity contribution is 6.21. The highest BCUT2D eigenvalue weighted by atomic mass is 16.5. The van der Waals surface area contributed by atoms with Gasteiger partial charge < -0.3 is 9.30 Å². The number of nitrogens with zero attached hydrogens (tertiary/aromatic N) is 3. The maximum Gasteiger partial charge on any atom is 0.339 e. The quantitative estimate of drug-likeness (QED) is 0.0738.